The molecule has 0 amide bonds. The number of hydrogen-bond donors (Lipinski definition) is 0. The van der Waals surface area contributed by atoms with E-state index in [1.165, 1.54) is 17.8 Å². The van der Waals surface area contributed by atoms with E-state index in [1.54, 1.807) is 11.3 Å². The number of thiazole rings is 1. The predicted molar refractivity (Wildman–Crippen MR) is 69.6 cm³/mol. The first-order valence-electron chi connectivity index (χ1n) is 6.16. The van der Waals surface area contributed by atoms with Gasteiger partial charge in [0.15, 0.2) is 0 Å². The predicted octanol–water partition coefficient (Wildman–Crippen LogP) is 2.81. The summed E-state index contributed by atoms with van der Waals surface area (Å²) in [5.41, 5.74) is 0.995. The molecule has 0 aromatic carbocycles. The van der Waals surface area contributed by atoms with Gasteiger partial charge in [-0.05, 0) is 19.8 Å². The zero-order valence-corrected chi connectivity index (χ0v) is 11.5. The second-order valence-electron chi connectivity index (χ2n) is 4.90. The van der Waals surface area contributed by atoms with Crippen molar-refractivity contribution in [2.75, 3.05) is 13.1 Å². The van der Waals surface area contributed by atoms with Crippen LogP contribution in [-0.2, 0) is 10.6 Å². The van der Waals surface area contributed by atoms with E-state index in [2.05, 4.69) is 22.2 Å². The van der Waals surface area contributed by atoms with Gasteiger partial charge in [0, 0.05) is 18.5 Å². The van der Waals surface area contributed by atoms with Gasteiger partial charge in [-0.3, -0.25) is 4.90 Å². The fraction of sp³-hybridized carbons (Fsp3) is 0.750. The number of aromatic nitrogens is 1. The first kappa shape index (κ1) is 11.9. The van der Waals surface area contributed by atoms with Crippen molar-refractivity contribution in [3.8, 4) is 0 Å². The van der Waals surface area contributed by atoms with Crippen LogP contribution >= 0.6 is 22.9 Å². The molecule has 0 radical (unpaired) electrons. The molecule has 94 valence electrons. The molecule has 1 aromatic rings. The van der Waals surface area contributed by atoms with Crippen LogP contribution in [-0.4, -0.2) is 35.2 Å². The molecule has 0 saturated carbocycles. The number of morpholine rings is 1. The summed E-state index contributed by atoms with van der Waals surface area (Å²) in [7, 11) is 0. The normalized spacial score (nSPS) is 30.7. The zero-order chi connectivity index (χ0) is 11.8. The molecule has 2 bridgehead atoms. The largest absolute Gasteiger partial charge is 0.372 e. The Hall–Kier alpha value is -0.160. The van der Waals surface area contributed by atoms with E-state index in [1.807, 2.05) is 0 Å². The molecule has 5 heteroatoms. The summed E-state index contributed by atoms with van der Waals surface area (Å²) in [5.74, 6) is 0.511. The summed E-state index contributed by atoms with van der Waals surface area (Å²) in [4.78, 5) is 7.08. The van der Waals surface area contributed by atoms with Crippen molar-refractivity contribution in [3.63, 3.8) is 0 Å². The van der Waals surface area contributed by atoms with Crippen LogP contribution in [0.15, 0.2) is 5.38 Å². The minimum Gasteiger partial charge on any atom is -0.372 e. The van der Waals surface area contributed by atoms with Crippen LogP contribution in [0.4, 0.5) is 0 Å². The summed E-state index contributed by atoms with van der Waals surface area (Å²) >= 11 is 7.52. The summed E-state index contributed by atoms with van der Waals surface area (Å²) in [6, 6.07) is 0.393. The maximum absolute atomic E-state index is 5.86. The maximum Gasteiger partial charge on any atom is 0.110 e. The number of hydrogen-bond acceptors (Lipinski definition) is 4. The smallest absolute Gasteiger partial charge is 0.110 e. The fourth-order valence-electron chi connectivity index (χ4n) is 2.69. The van der Waals surface area contributed by atoms with Crippen molar-refractivity contribution in [1.29, 1.82) is 0 Å². The second-order valence-corrected chi connectivity index (χ2v) is 6.05. The van der Waals surface area contributed by atoms with Gasteiger partial charge in [0.2, 0.25) is 0 Å². The molecular formula is C12H17ClN2OS. The van der Waals surface area contributed by atoms with Crippen LogP contribution in [0.5, 0.6) is 0 Å². The number of halogens is 1. The molecule has 3 heterocycles. The Labute approximate surface area is 111 Å². The van der Waals surface area contributed by atoms with E-state index in [4.69, 9.17) is 16.3 Å². The highest BCUT2D eigenvalue weighted by atomic mass is 35.5. The average molecular weight is 273 g/mol. The van der Waals surface area contributed by atoms with Gasteiger partial charge in [-0.25, -0.2) is 4.98 Å². The molecule has 2 saturated heterocycles. The van der Waals surface area contributed by atoms with E-state index >= 15 is 0 Å². The Morgan fingerprint density at radius 3 is 2.82 bits per heavy atom. The van der Waals surface area contributed by atoms with Crippen molar-refractivity contribution >= 4 is 22.9 Å². The first-order valence-corrected chi connectivity index (χ1v) is 7.57. The van der Waals surface area contributed by atoms with Gasteiger partial charge in [0.25, 0.3) is 0 Å². The molecule has 3 unspecified atom stereocenters. The summed E-state index contributed by atoms with van der Waals surface area (Å²) in [6.07, 6.45) is 3.34. The van der Waals surface area contributed by atoms with Crippen LogP contribution in [0.3, 0.4) is 0 Å². The number of nitrogens with zero attached hydrogens (tertiary/aromatic N) is 2. The second kappa shape index (κ2) is 4.84. The molecule has 0 spiro atoms. The van der Waals surface area contributed by atoms with Gasteiger partial charge in [0.1, 0.15) is 5.01 Å². The fourth-order valence-corrected chi connectivity index (χ4v) is 3.83. The van der Waals surface area contributed by atoms with E-state index in [-0.39, 0.29) is 0 Å². The van der Waals surface area contributed by atoms with Crippen molar-refractivity contribution in [2.45, 2.75) is 43.9 Å². The Balaban J connectivity index is 1.71. The van der Waals surface area contributed by atoms with E-state index in [0.29, 0.717) is 24.1 Å². The van der Waals surface area contributed by atoms with Gasteiger partial charge >= 0.3 is 0 Å². The van der Waals surface area contributed by atoms with Crippen LogP contribution in [0.25, 0.3) is 0 Å². The van der Waals surface area contributed by atoms with Crippen LogP contribution in [0.2, 0.25) is 0 Å². The standard InChI is InChI=1S/C12H17ClN2OS/c1-8(12-14-9(4-13)7-17-12)15-5-10-2-3-11(6-15)16-10/h7-8,10-11H,2-6H2,1H3. The average Bonchev–Trinajstić information content (AvgIpc) is 2.95. The summed E-state index contributed by atoms with van der Waals surface area (Å²) < 4.78 is 5.86. The third kappa shape index (κ3) is 2.36. The highest BCUT2D eigenvalue weighted by Gasteiger charge is 2.36. The van der Waals surface area contributed by atoms with Crippen molar-refractivity contribution in [3.05, 3.63) is 16.1 Å². The van der Waals surface area contributed by atoms with Gasteiger partial charge in [-0.2, -0.15) is 0 Å². The Kier molecular flexibility index (Phi) is 3.39. The third-order valence-electron chi connectivity index (χ3n) is 3.68. The molecule has 2 fully saturated rings. The number of alkyl halides is 1. The zero-order valence-electron chi connectivity index (χ0n) is 9.93. The minimum atomic E-state index is 0.393. The van der Waals surface area contributed by atoms with Crippen molar-refractivity contribution in [1.82, 2.24) is 9.88 Å². The number of ether oxygens (including phenoxy) is 1. The lowest BCUT2D eigenvalue weighted by Crippen LogP contribution is -2.43. The third-order valence-corrected chi connectivity index (χ3v) is 5.02. The van der Waals surface area contributed by atoms with Gasteiger partial charge < -0.3 is 4.74 Å². The molecule has 0 N–H and O–H groups in total. The lowest BCUT2D eigenvalue weighted by atomic mass is 10.2. The monoisotopic (exact) mass is 272 g/mol. The molecule has 2 aliphatic rings. The van der Waals surface area contributed by atoms with Crippen LogP contribution in [0.1, 0.15) is 36.5 Å². The number of likely N-dealkylation sites (tertiary alicyclic amines) is 1. The molecule has 3 nitrogen and oxygen atoms in total. The van der Waals surface area contributed by atoms with Gasteiger partial charge in [-0.15, -0.1) is 22.9 Å². The van der Waals surface area contributed by atoms with Crippen LogP contribution < -0.4 is 0 Å². The lowest BCUT2D eigenvalue weighted by molar-refractivity contribution is -0.0509. The SMILES string of the molecule is CC(c1nc(CCl)cs1)N1CC2CCC(C1)O2. The molecule has 1 aromatic heterocycles. The Morgan fingerprint density at radius 1 is 1.53 bits per heavy atom. The molecule has 3 atom stereocenters. The molecule has 3 rings (SSSR count). The van der Waals surface area contributed by atoms with Crippen molar-refractivity contribution in [2.24, 2.45) is 0 Å². The Bertz CT molecular complexity index is 386. The quantitative estimate of drug-likeness (QED) is 0.791. The Morgan fingerprint density at radius 2 is 2.24 bits per heavy atom. The number of fused-ring (bicyclic) bond motifs is 2. The number of rotatable bonds is 3. The molecular weight excluding hydrogens is 256 g/mol. The minimum absolute atomic E-state index is 0.393. The molecule has 17 heavy (non-hydrogen) atoms. The lowest BCUT2D eigenvalue weighted by Gasteiger charge is -2.35. The topological polar surface area (TPSA) is 25.4 Å². The van der Waals surface area contributed by atoms with E-state index < -0.39 is 0 Å². The summed E-state index contributed by atoms with van der Waals surface area (Å²) in [5, 5.41) is 3.25. The van der Waals surface area contributed by atoms with E-state index in [0.717, 1.165) is 18.8 Å². The summed E-state index contributed by atoms with van der Waals surface area (Å²) in [6.45, 7) is 4.34. The first-order chi connectivity index (χ1) is 8.26. The highest BCUT2D eigenvalue weighted by molar-refractivity contribution is 7.09. The van der Waals surface area contributed by atoms with Gasteiger partial charge in [0.05, 0.1) is 29.8 Å². The van der Waals surface area contributed by atoms with E-state index in [9.17, 15) is 0 Å². The van der Waals surface area contributed by atoms with Gasteiger partial charge in [-0.1, -0.05) is 0 Å². The molecule has 2 aliphatic heterocycles. The highest BCUT2D eigenvalue weighted by Crippen LogP contribution is 2.32. The maximum atomic E-state index is 5.86. The van der Waals surface area contributed by atoms with Crippen molar-refractivity contribution < 1.29 is 4.74 Å². The molecule has 0 aliphatic carbocycles. The van der Waals surface area contributed by atoms with Crippen LogP contribution in [0, 0.1) is 0 Å².